The van der Waals surface area contributed by atoms with Gasteiger partial charge in [0.1, 0.15) is 10.4 Å². The molecule has 7 rings (SSSR count). The van der Waals surface area contributed by atoms with Gasteiger partial charge in [0.2, 0.25) is 5.95 Å². The van der Waals surface area contributed by atoms with Crippen molar-refractivity contribution in [3.63, 3.8) is 0 Å². The Morgan fingerprint density at radius 3 is 2.61 bits per heavy atom. The summed E-state index contributed by atoms with van der Waals surface area (Å²) in [5, 5.41) is 6.70. The molecule has 2 saturated heterocycles. The number of amides is 1. The third-order valence-electron chi connectivity index (χ3n) is 8.16. The van der Waals surface area contributed by atoms with Crippen molar-refractivity contribution in [1.29, 1.82) is 0 Å². The van der Waals surface area contributed by atoms with Crippen molar-refractivity contribution in [1.82, 2.24) is 20.2 Å². The summed E-state index contributed by atoms with van der Waals surface area (Å²) in [6.07, 6.45) is -1.66. The molecule has 1 amide bonds. The lowest BCUT2D eigenvalue weighted by atomic mass is 10.1. The van der Waals surface area contributed by atoms with Crippen LogP contribution in [0.3, 0.4) is 0 Å². The average molecular weight is 647 g/mol. The largest absolute Gasteiger partial charge is 0.420 e. The smallest absolute Gasteiger partial charge is 0.377 e. The van der Waals surface area contributed by atoms with E-state index in [0.29, 0.717) is 52.1 Å². The maximum absolute atomic E-state index is 14.2. The average Bonchev–Trinajstić information content (AvgIpc) is 3.76. The predicted molar refractivity (Wildman–Crippen MR) is 169 cm³/mol. The molecule has 13 heteroatoms. The van der Waals surface area contributed by atoms with Gasteiger partial charge in [0, 0.05) is 60.4 Å². The van der Waals surface area contributed by atoms with Gasteiger partial charge in [-0.25, -0.2) is 9.97 Å². The van der Waals surface area contributed by atoms with Crippen molar-refractivity contribution >= 4 is 46.3 Å². The molecule has 4 aliphatic rings. The summed E-state index contributed by atoms with van der Waals surface area (Å²) in [6.45, 7) is 10.5. The monoisotopic (exact) mass is 646 g/mol. The van der Waals surface area contributed by atoms with Crippen molar-refractivity contribution < 1.29 is 22.7 Å². The van der Waals surface area contributed by atoms with Crippen LogP contribution in [-0.2, 0) is 10.9 Å². The van der Waals surface area contributed by atoms with Gasteiger partial charge in [-0.2, -0.15) is 13.2 Å². The van der Waals surface area contributed by atoms with Gasteiger partial charge in [-0.3, -0.25) is 4.79 Å². The molecule has 3 aliphatic heterocycles. The zero-order valence-corrected chi connectivity index (χ0v) is 26.7. The number of rotatable bonds is 6. The number of carbonyl (C=O) groups is 1. The van der Waals surface area contributed by atoms with Gasteiger partial charge in [-0.05, 0) is 55.5 Å². The van der Waals surface area contributed by atoms with Crippen molar-refractivity contribution in [3.8, 4) is 10.6 Å². The number of aromatic nitrogens is 2. The molecule has 1 atom stereocenters. The standard InChI is InChI=1S/C29H31F3N6O2S2.C2H6/c1-16-13-37(7-6-33-16)18-4-5-22(20(10-18)17-2-3-17)35-28-34-12-21(29(30,31)32)25(36-28)23-11-24-26(42-23)27(39)38(8-9-41-24)19-14-40-15-19;1-2/h4-5,10-12,16-17,19,33H,2-3,6-9,13-15H2,1H3,(H,34,35,36);1-2H3. The summed E-state index contributed by atoms with van der Waals surface area (Å²) in [5.74, 6) is 1.01. The quantitative estimate of drug-likeness (QED) is 0.310. The highest BCUT2D eigenvalue weighted by atomic mass is 32.2. The molecule has 2 N–H and O–H groups in total. The van der Waals surface area contributed by atoms with Crippen LogP contribution in [0.25, 0.3) is 10.6 Å². The van der Waals surface area contributed by atoms with Crippen LogP contribution in [0.1, 0.15) is 60.3 Å². The molecule has 0 spiro atoms. The van der Waals surface area contributed by atoms with Crippen molar-refractivity contribution in [2.24, 2.45) is 0 Å². The molecular weight excluding hydrogens is 610 g/mol. The van der Waals surface area contributed by atoms with Crippen LogP contribution >= 0.6 is 23.1 Å². The number of piperazine rings is 1. The molecule has 0 radical (unpaired) electrons. The first-order valence-electron chi connectivity index (χ1n) is 15.2. The van der Waals surface area contributed by atoms with E-state index in [1.54, 1.807) is 11.0 Å². The second kappa shape index (κ2) is 12.9. The van der Waals surface area contributed by atoms with E-state index in [4.69, 9.17) is 4.74 Å². The molecule has 1 unspecified atom stereocenters. The normalized spacial score (nSPS) is 20.8. The minimum absolute atomic E-state index is 0.0113. The number of halogens is 3. The molecule has 5 heterocycles. The Bertz CT molecular complexity index is 1510. The fourth-order valence-electron chi connectivity index (χ4n) is 5.70. The molecule has 44 heavy (non-hydrogen) atoms. The highest BCUT2D eigenvalue weighted by molar-refractivity contribution is 7.99. The van der Waals surface area contributed by atoms with E-state index < -0.39 is 11.7 Å². The summed E-state index contributed by atoms with van der Waals surface area (Å²) in [5.41, 5.74) is 1.95. The summed E-state index contributed by atoms with van der Waals surface area (Å²) < 4.78 is 47.8. The number of hydrogen-bond donors (Lipinski definition) is 2. The molecule has 3 fully saturated rings. The van der Waals surface area contributed by atoms with E-state index in [9.17, 15) is 18.0 Å². The Kier molecular flexibility index (Phi) is 9.10. The molecular formula is C31H37F3N6O2S2. The molecule has 3 aromatic rings. The Balaban J connectivity index is 0.00000168. The number of anilines is 3. The number of hydrogen-bond acceptors (Lipinski definition) is 9. The van der Waals surface area contributed by atoms with E-state index in [1.165, 1.54) is 11.8 Å². The molecule has 0 bridgehead atoms. The molecule has 1 aliphatic carbocycles. The maximum Gasteiger partial charge on any atom is 0.420 e. The van der Waals surface area contributed by atoms with Crippen LogP contribution in [-0.4, -0.2) is 78.0 Å². The topological polar surface area (TPSA) is 82.6 Å². The zero-order valence-electron chi connectivity index (χ0n) is 25.0. The predicted octanol–water partition coefficient (Wildman–Crippen LogP) is 6.62. The minimum Gasteiger partial charge on any atom is -0.377 e. The Morgan fingerprint density at radius 2 is 1.93 bits per heavy atom. The number of thioether (sulfide) groups is 1. The molecule has 1 saturated carbocycles. The number of carbonyl (C=O) groups excluding carboxylic acids is 1. The number of ether oxygens (including phenoxy) is 1. The van der Waals surface area contributed by atoms with Crippen molar-refractivity contribution in [2.45, 2.75) is 62.7 Å². The SMILES string of the molecule is CC.CC1CN(c2ccc(Nc3ncc(C(F)(F)F)c(-c4cc5c(s4)C(=O)N(C4COC4)CCS5)n3)c(C3CC3)c2)CCN1. The number of nitrogens with zero attached hydrogens (tertiary/aromatic N) is 4. The van der Waals surface area contributed by atoms with Crippen LogP contribution in [0.5, 0.6) is 0 Å². The lowest BCUT2D eigenvalue weighted by Gasteiger charge is -2.36. The van der Waals surface area contributed by atoms with E-state index in [2.05, 4.69) is 44.6 Å². The van der Waals surface area contributed by atoms with Gasteiger partial charge in [-0.15, -0.1) is 23.1 Å². The number of benzene rings is 1. The lowest BCUT2D eigenvalue weighted by Crippen LogP contribution is -2.52. The fraction of sp³-hybridized carbons (Fsp3) is 0.516. The maximum atomic E-state index is 14.2. The second-order valence-electron chi connectivity index (χ2n) is 11.3. The van der Waals surface area contributed by atoms with E-state index in [0.717, 1.165) is 66.9 Å². The number of alkyl halides is 3. The van der Waals surface area contributed by atoms with Crippen LogP contribution in [0, 0.1) is 0 Å². The van der Waals surface area contributed by atoms with E-state index in [-0.39, 0.29) is 23.6 Å². The molecule has 8 nitrogen and oxygen atoms in total. The summed E-state index contributed by atoms with van der Waals surface area (Å²) >= 11 is 2.55. The van der Waals surface area contributed by atoms with Gasteiger partial charge < -0.3 is 25.2 Å². The molecule has 1 aromatic carbocycles. The Labute approximate surface area is 263 Å². The lowest BCUT2D eigenvalue weighted by molar-refractivity contribution is -0.137. The number of nitrogens with one attached hydrogen (secondary N) is 2. The summed E-state index contributed by atoms with van der Waals surface area (Å²) in [6, 6.07) is 8.31. The van der Waals surface area contributed by atoms with Gasteiger partial charge >= 0.3 is 6.18 Å². The number of thiophene rings is 1. The summed E-state index contributed by atoms with van der Waals surface area (Å²) in [7, 11) is 0. The van der Waals surface area contributed by atoms with Gasteiger partial charge in [0.15, 0.2) is 0 Å². The van der Waals surface area contributed by atoms with Gasteiger partial charge in [0.25, 0.3) is 5.91 Å². The number of fused-ring (bicyclic) bond motifs is 1. The third-order valence-corrected chi connectivity index (χ3v) is 10.4. The van der Waals surface area contributed by atoms with Crippen LogP contribution in [0.15, 0.2) is 35.4 Å². The van der Waals surface area contributed by atoms with Gasteiger partial charge in [-0.1, -0.05) is 13.8 Å². The first-order valence-corrected chi connectivity index (χ1v) is 17.0. The van der Waals surface area contributed by atoms with Crippen LogP contribution in [0.4, 0.5) is 30.5 Å². The van der Waals surface area contributed by atoms with Crippen LogP contribution in [0.2, 0.25) is 0 Å². The van der Waals surface area contributed by atoms with Crippen molar-refractivity contribution in [2.75, 3.05) is 55.4 Å². The second-order valence-corrected chi connectivity index (χ2v) is 13.5. The van der Waals surface area contributed by atoms with Crippen LogP contribution < -0.4 is 15.5 Å². The summed E-state index contributed by atoms with van der Waals surface area (Å²) in [4.78, 5) is 27.5. The highest BCUT2D eigenvalue weighted by Gasteiger charge is 2.38. The fourth-order valence-corrected chi connectivity index (χ4v) is 8.02. The Hall–Kier alpha value is -2.87. The van der Waals surface area contributed by atoms with Gasteiger partial charge in [0.05, 0.1) is 29.8 Å². The van der Waals surface area contributed by atoms with E-state index >= 15 is 0 Å². The zero-order chi connectivity index (χ0) is 31.0. The molecule has 2 aromatic heterocycles. The molecule has 236 valence electrons. The highest BCUT2D eigenvalue weighted by Crippen LogP contribution is 2.46. The minimum atomic E-state index is -4.65. The third kappa shape index (κ3) is 6.42. The Morgan fingerprint density at radius 1 is 1.14 bits per heavy atom. The van der Waals surface area contributed by atoms with Crippen molar-refractivity contribution in [3.05, 3.63) is 46.5 Å². The van der Waals surface area contributed by atoms with E-state index in [1.807, 2.05) is 19.9 Å². The first-order chi connectivity index (χ1) is 21.2. The first kappa shape index (κ1) is 31.1.